The van der Waals surface area contributed by atoms with Crippen LogP contribution < -0.4 is 5.32 Å². The molecule has 0 spiro atoms. The van der Waals surface area contributed by atoms with Gasteiger partial charge >= 0.3 is 0 Å². The quantitative estimate of drug-likeness (QED) is 0.747. The van der Waals surface area contributed by atoms with Crippen molar-refractivity contribution >= 4 is 28.3 Å². The van der Waals surface area contributed by atoms with Crippen LogP contribution in [-0.2, 0) is 0 Å². The lowest BCUT2D eigenvalue weighted by Gasteiger charge is -2.29. The number of pyridine rings is 1. The predicted octanol–water partition coefficient (Wildman–Crippen LogP) is 4.57. The maximum Gasteiger partial charge on any atom is 0.259 e. The average Bonchev–Trinajstić information content (AvgIpc) is 3.26. The van der Waals surface area contributed by atoms with Gasteiger partial charge in [0.2, 0.25) is 0 Å². The summed E-state index contributed by atoms with van der Waals surface area (Å²) >= 11 is 1.59. The van der Waals surface area contributed by atoms with Crippen molar-refractivity contribution in [3.05, 3.63) is 34.8 Å². The summed E-state index contributed by atoms with van der Waals surface area (Å²) in [6, 6.07) is 6.06. The molecule has 25 heavy (non-hydrogen) atoms. The summed E-state index contributed by atoms with van der Waals surface area (Å²) in [5.74, 6) is 0.450. The van der Waals surface area contributed by atoms with E-state index in [4.69, 9.17) is 4.52 Å². The van der Waals surface area contributed by atoms with Crippen LogP contribution in [0.25, 0.3) is 21.7 Å². The molecule has 3 heterocycles. The van der Waals surface area contributed by atoms with Crippen molar-refractivity contribution < 1.29 is 9.32 Å². The first-order valence-corrected chi connectivity index (χ1v) is 9.63. The van der Waals surface area contributed by atoms with Crippen molar-refractivity contribution in [1.29, 1.82) is 0 Å². The van der Waals surface area contributed by atoms with Crippen molar-refractivity contribution in [1.82, 2.24) is 15.5 Å². The molecule has 0 radical (unpaired) electrons. The summed E-state index contributed by atoms with van der Waals surface area (Å²) in [6.45, 7) is 4.06. The van der Waals surface area contributed by atoms with E-state index in [1.165, 1.54) is 19.3 Å². The van der Waals surface area contributed by atoms with Crippen LogP contribution >= 0.6 is 11.3 Å². The van der Waals surface area contributed by atoms with Gasteiger partial charge in [-0.05, 0) is 43.2 Å². The molecule has 1 aliphatic rings. The van der Waals surface area contributed by atoms with Gasteiger partial charge in [0.25, 0.3) is 11.6 Å². The molecule has 2 unspecified atom stereocenters. The van der Waals surface area contributed by atoms with E-state index in [1.54, 1.807) is 11.3 Å². The fraction of sp³-hybridized carbons (Fsp3) is 0.421. The van der Waals surface area contributed by atoms with Gasteiger partial charge in [-0.1, -0.05) is 31.0 Å². The molecular formula is C19H21N3O2S. The van der Waals surface area contributed by atoms with Gasteiger partial charge in [-0.25, -0.2) is 4.98 Å². The average molecular weight is 355 g/mol. The van der Waals surface area contributed by atoms with Gasteiger partial charge in [-0.15, -0.1) is 11.3 Å². The van der Waals surface area contributed by atoms with Crippen LogP contribution in [0.5, 0.6) is 0 Å². The highest BCUT2D eigenvalue weighted by Gasteiger charge is 2.26. The molecule has 0 bridgehead atoms. The first kappa shape index (κ1) is 16.3. The molecule has 1 saturated carbocycles. The zero-order valence-electron chi connectivity index (χ0n) is 14.4. The molecule has 0 aliphatic heterocycles. The fourth-order valence-electron chi connectivity index (χ4n) is 3.60. The lowest BCUT2D eigenvalue weighted by atomic mass is 9.86. The molecule has 1 fully saturated rings. The first-order chi connectivity index (χ1) is 12.1. The molecular weight excluding hydrogens is 334 g/mol. The SMILES string of the molecule is Cc1noc2nc(-c3cccs3)cc(C(=O)NC3CCCCC3C)c12. The Hall–Kier alpha value is -2.21. The van der Waals surface area contributed by atoms with E-state index in [-0.39, 0.29) is 11.9 Å². The Morgan fingerprint density at radius 2 is 2.20 bits per heavy atom. The summed E-state index contributed by atoms with van der Waals surface area (Å²) in [5, 5.41) is 9.95. The highest BCUT2D eigenvalue weighted by atomic mass is 32.1. The van der Waals surface area contributed by atoms with Crippen molar-refractivity contribution in [3.8, 4) is 10.6 Å². The molecule has 1 amide bonds. The van der Waals surface area contributed by atoms with Gasteiger partial charge in [-0.3, -0.25) is 4.79 Å². The number of aryl methyl sites for hydroxylation is 1. The number of carbonyl (C=O) groups is 1. The number of fused-ring (bicyclic) bond motifs is 1. The summed E-state index contributed by atoms with van der Waals surface area (Å²) in [6.07, 6.45) is 4.64. The zero-order chi connectivity index (χ0) is 17.4. The number of hydrogen-bond acceptors (Lipinski definition) is 5. The van der Waals surface area contributed by atoms with Crippen LogP contribution in [-0.4, -0.2) is 22.1 Å². The topological polar surface area (TPSA) is 68.0 Å². The molecule has 5 nitrogen and oxygen atoms in total. The normalized spacial score (nSPS) is 20.7. The van der Waals surface area contributed by atoms with Gasteiger partial charge in [0.05, 0.1) is 27.2 Å². The Balaban J connectivity index is 1.74. The Morgan fingerprint density at radius 1 is 1.36 bits per heavy atom. The summed E-state index contributed by atoms with van der Waals surface area (Å²) in [5.41, 5.74) is 2.47. The smallest absolute Gasteiger partial charge is 0.259 e. The minimum Gasteiger partial charge on any atom is -0.349 e. The van der Waals surface area contributed by atoms with E-state index >= 15 is 0 Å². The number of nitrogens with zero attached hydrogens (tertiary/aromatic N) is 2. The summed E-state index contributed by atoms with van der Waals surface area (Å²) in [4.78, 5) is 18.6. The monoisotopic (exact) mass is 355 g/mol. The van der Waals surface area contributed by atoms with E-state index in [0.29, 0.717) is 28.3 Å². The van der Waals surface area contributed by atoms with E-state index in [0.717, 1.165) is 17.0 Å². The van der Waals surface area contributed by atoms with E-state index in [2.05, 4.69) is 22.4 Å². The van der Waals surface area contributed by atoms with Crippen molar-refractivity contribution in [2.45, 2.75) is 45.6 Å². The Morgan fingerprint density at radius 3 is 2.96 bits per heavy atom. The Kier molecular flexibility index (Phi) is 4.29. The van der Waals surface area contributed by atoms with Gasteiger partial charge in [0.1, 0.15) is 0 Å². The number of amides is 1. The number of hydrogen-bond donors (Lipinski definition) is 1. The molecule has 130 valence electrons. The van der Waals surface area contributed by atoms with Crippen molar-refractivity contribution in [2.75, 3.05) is 0 Å². The Bertz CT molecular complexity index is 901. The maximum atomic E-state index is 13.0. The highest BCUT2D eigenvalue weighted by molar-refractivity contribution is 7.13. The third-order valence-corrected chi connectivity index (χ3v) is 5.96. The number of thiophene rings is 1. The summed E-state index contributed by atoms with van der Waals surface area (Å²) < 4.78 is 5.35. The van der Waals surface area contributed by atoms with Gasteiger partial charge in [0.15, 0.2) is 0 Å². The van der Waals surface area contributed by atoms with Crippen LogP contribution in [0.3, 0.4) is 0 Å². The molecule has 3 aromatic rings. The number of aromatic nitrogens is 2. The molecule has 4 rings (SSSR count). The second-order valence-corrected chi connectivity index (χ2v) is 7.77. The highest BCUT2D eigenvalue weighted by Crippen LogP contribution is 2.30. The molecule has 1 aliphatic carbocycles. The van der Waals surface area contributed by atoms with Crippen LogP contribution in [0, 0.1) is 12.8 Å². The third-order valence-electron chi connectivity index (χ3n) is 5.06. The predicted molar refractivity (Wildman–Crippen MR) is 98.7 cm³/mol. The standard InChI is InChI=1S/C19H21N3O2S/c1-11-6-3-4-7-14(11)20-18(23)13-10-15(16-8-5-9-25-16)21-19-17(13)12(2)22-24-19/h5,8-11,14H,3-4,6-7H2,1-2H3,(H,20,23). The zero-order valence-corrected chi connectivity index (χ0v) is 15.2. The lowest BCUT2D eigenvalue weighted by molar-refractivity contribution is 0.0912. The van der Waals surface area contributed by atoms with Crippen LogP contribution in [0.2, 0.25) is 0 Å². The fourth-order valence-corrected chi connectivity index (χ4v) is 4.29. The molecule has 6 heteroatoms. The van der Waals surface area contributed by atoms with Crippen LogP contribution in [0.1, 0.15) is 48.7 Å². The van der Waals surface area contributed by atoms with Crippen molar-refractivity contribution in [3.63, 3.8) is 0 Å². The first-order valence-electron chi connectivity index (χ1n) is 8.75. The number of rotatable bonds is 3. The summed E-state index contributed by atoms with van der Waals surface area (Å²) in [7, 11) is 0. The van der Waals surface area contributed by atoms with Crippen LogP contribution in [0.15, 0.2) is 28.1 Å². The third kappa shape index (κ3) is 3.06. The largest absolute Gasteiger partial charge is 0.349 e. The molecule has 1 N–H and O–H groups in total. The van der Waals surface area contributed by atoms with E-state index in [9.17, 15) is 4.79 Å². The second-order valence-electron chi connectivity index (χ2n) is 6.82. The van der Waals surface area contributed by atoms with Crippen molar-refractivity contribution in [2.24, 2.45) is 5.92 Å². The van der Waals surface area contributed by atoms with Gasteiger partial charge < -0.3 is 9.84 Å². The minimum atomic E-state index is -0.0599. The molecule has 0 aromatic carbocycles. The number of nitrogens with one attached hydrogen (secondary N) is 1. The van der Waals surface area contributed by atoms with Gasteiger partial charge in [-0.2, -0.15) is 0 Å². The molecule has 2 atom stereocenters. The van der Waals surface area contributed by atoms with Crippen LogP contribution in [0.4, 0.5) is 0 Å². The maximum absolute atomic E-state index is 13.0. The molecule has 0 saturated heterocycles. The minimum absolute atomic E-state index is 0.0599. The van der Waals surface area contributed by atoms with E-state index in [1.807, 2.05) is 30.5 Å². The lowest BCUT2D eigenvalue weighted by Crippen LogP contribution is -2.41. The van der Waals surface area contributed by atoms with Gasteiger partial charge in [0, 0.05) is 6.04 Å². The molecule has 3 aromatic heterocycles. The Labute approximate surface area is 150 Å². The van der Waals surface area contributed by atoms with E-state index < -0.39 is 0 Å². The number of carbonyl (C=O) groups excluding carboxylic acids is 1. The second kappa shape index (κ2) is 6.59.